The Morgan fingerprint density at radius 2 is 1.82 bits per heavy atom. The van der Waals surface area contributed by atoms with E-state index in [-0.39, 0.29) is 0 Å². The van der Waals surface area contributed by atoms with Crippen molar-refractivity contribution in [1.29, 1.82) is 0 Å². The van der Waals surface area contributed by atoms with Crippen LogP contribution in [0.2, 0.25) is 0 Å². The minimum Gasteiger partial charge on any atom is -0.339 e. The first-order chi connectivity index (χ1) is 8.06. The van der Waals surface area contributed by atoms with Crippen molar-refractivity contribution in [2.45, 2.75) is 27.3 Å². The lowest BCUT2D eigenvalue weighted by Crippen LogP contribution is -2.19. The Hall–Kier alpha value is -1.42. The summed E-state index contributed by atoms with van der Waals surface area (Å²) >= 11 is 1.78. The Bertz CT molecular complexity index is 499. The van der Waals surface area contributed by atoms with Gasteiger partial charge in [0.1, 0.15) is 0 Å². The molecule has 0 amide bonds. The van der Waals surface area contributed by atoms with Crippen molar-refractivity contribution >= 4 is 17.3 Å². The average Bonchev–Trinajstić information content (AvgIpc) is 2.63. The molecule has 0 atom stereocenters. The Labute approximate surface area is 106 Å². The van der Waals surface area contributed by atoms with Crippen LogP contribution < -0.4 is 4.90 Å². The standard InChI is InChI=1S/C13H17N3S/c1-9-5-6-17-12(9)8-16(4)13-14-10(2)7-11(3)15-13/h5-7H,8H2,1-4H3. The zero-order chi connectivity index (χ0) is 12.4. The molecule has 2 aromatic rings. The SMILES string of the molecule is Cc1cc(C)nc(N(C)Cc2sccc2C)n1. The molecule has 2 rings (SSSR count). The van der Waals surface area contributed by atoms with Gasteiger partial charge in [-0.15, -0.1) is 11.3 Å². The Morgan fingerprint density at radius 1 is 1.18 bits per heavy atom. The normalized spacial score (nSPS) is 10.6. The van der Waals surface area contributed by atoms with E-state index in [0.29, 0.717) is 0 Å². The van der Waals surface area contributed by atoms with E-state index in [1.807, 2.05) is 27.0 Å². The molecule has 90 valence electrons. The summed E-state index contributed by atoms with van der Waals surface area (Å²) in [7, 11) is 2.04. The summed E-state index contributed by atoms with van der Waals surface area (Å²) in [5.74, 6) is 0.801. The van der Waals surface area contributed by atoms with E-state index in [2.05, 4.69) is 33.2 Å². The predicted octanol–water partition coefficient (Wildman–Crippen LogP) is 3.10. The molecule has 0 aliphatic carbocycles. The number of aryl methyl sites for hydroxylation is 3. The van der Waals surface area contributed by atoms with Crippen LogP contribution in [0.3, 0.4) is 0 Å². The van der Waals surface area contributed by atoms with Crippen molar-refractivity contribution in [3.05, 3.63) is 39.3 Å². The van der Waals surface area contributed by atoms with Crippen molar-refractivity contribution in [3.8, 4) is 0 Å². The maximum Gasteiger partial charge on any atom is 0.225 e. The smallest absolute Gasteiger partial charge is 0.225 e. The third-order valence-electron chi connectivity index (χ3n) is 2.66. The molecule has 0 unspecified atom stereocenters. The monoisotopic (exact) mass is 247 g/mol. The maximum absolute atomic E-state index is 4.46. The van der Waals surface area contributed by atoms with Gasteiger partial charge >= 0.3 is 0 Å². The van der Waals surface area contributed by atoms with Crippen LogP contribution in [0, 0.1) is 20.8 Å². The van der Waals surface area contributed by atoms with Crippen LogP contribution in [0.25, 0.3) is 0 Å². The van der Waals surface area contributed by atoms with Crippen molar-refractivity contribution in [3.63, 3.8) is 0 Å². The van der Waals surface area contributed by atoms with Crippen LogP contribution in [0.1, 0.15) is 21.8 Å². The van der Waals surface area contributed by atoms with E-state index < -0.39 is 0 Å². The van der Waals surface area contributed by atoms with Gasteiger partial charge in [0.25, 0.3) is 0 Å². The fourth-order valence-electron chi connectivity index (χ4n) is 1.73. The molecule has 0 aromatic carbocycles. The second-order valence-electron chi connectivity index (χ2n) is 4.33. The van der Waals surface area contributed by atoms with E-state index >= 15 is 0 Å². The summed E-state index contributed by atoms with van der Waals surface area (Å²) in [6, 6.07) is 4.14. The van der Waals surface area contributed by atoms with Gasteiger partial charge in [0.15, 0.2) is 0 Å². The Kier molecular flexibility index (Phi) is 3.43. The van der Waals surface area contributed by atoms with Crippen LogP contribution in [0.15, 0.2) is 17.5 Å². The third-order valence-corrected chi connectivity index (χ3v) is 3.67. The largest absolute Gasteiger partial charge is 0.339 e. The van der Waals surface area contributed by atoms with Gasteiger partial charge in [0.05, 0.1) is 6.54 Å². The second-order valence-corrected chi connectivity index (χ2v) is 5.33. The van der Waals surface area contributed by atoms with Crippen molar-refractivity contribution in [1.82, 2.24) is 9.97 Å². The fourth-order valence-corrected chi connectivity index (χ4v) is 2.69. The van der Waals surface area contributed by atoms with E-state index in [9.17, 15) is 0 Å². The van der Waals surface area contributed by atoms with Crippen LogP contribution in [0.5, 0.6) is 0 Å². The first-order valence-electron chi connectivity index (χ1n) is 5.62. The van der Waals surface area contributed by atoms with E-state index in [4.69, 9.17) is 0 Å². The maximum atomic E-state index is 4.46. The molecule has 17 heavy (non-hydrogen) atoms. The topological polar surface area (TPSA) is 29.0 Å². The van der Waals surface area contributed by atoms with Gasteiger partial charge in [-0.25, -0.2) is 9.97 Å². The summed E-state index contributed by atoms with van der Waals surface area (Å²) < 4.78 is 0. The van der Waals surface area contributed by atoms with E-state index in [1.165, 1.54) is 10.4 Å². The van der Waals surface area contributed by atoms with Crippen molar-refractivity contribution < 1.29 is 0 Å². The summed E-state index contributed by atoms with van der Waals surface area (Å²) in [4.78, 5) is 12.4. The molecule has 2 aromatic heterocycles. The molecule has 0 N–H and O–H groups in total. The molecule has 0 saturated heterocycles. The minimum absolute atomic E-state index is 0.801. The second kappa shape index (κ2) is 4.84. The Balaban J connectivity index is 2.20. The number of nitrogens with zero attached hydrogens (tertiary/aromatic N) is 3. The summed E-state index contributed by atoms with van der Waals surface area (Å²) in [6.45, 7) is 7.01. The summed E-state index contributed by atoms with van der Waals surface area (Å²) in [5, 5.41) is 2.13. The van der Waals surface area contributed by atoms with Crippen LogP contribution in [0.4, 0.5) is 5.95 Å². The third kappa shape index (κ3) is 2.82. The molecular formula is C13H17N3S. The van der Waals surface area contributed by atoms with E-state index in [0.717, 1.165) is 23.9 Å². The highest BCUT2D eigenvalue weighted by molar-refractivity contribution is 7.10. The number of hydrogen-bond acceptors (Lipinski definition) is 4. The number of hydrogen-bond donors (Lipinski definition) is 0. The van der Waals surface area contributed by atoms with E-state index in [1.54, 1.807) is 11.3 Å². The number of anilines is 1. The summed E-state index contributed by atoms with van der Waals surface area (Å²) in [6.07, 6.45) is 0. The lowest BCUT2D eigenvalue weighted by Gasteiger charge is -2.17. The van der Waals surface area contributed by atoms with Gasteiger partial charge in [-0.3, -0.25) is 0 Å². The first-order valence-corrected chi connectivity index (χ1v) is 6.50. The molecule has 2 heterocycles. The molecule has 0 fully saturated rings. The van der Waals surface area contributed by atoms with Crippen molar-refractivity contribution in [2.75, 3.05) is 11.9 Å². The molecular weight excluding hydrogens is 230 g/mol. The Morgan fingerprint density at radius 3 is 2.35 bits per heavy atom. The van der Waals surface area contributed by atoms with Gasteiger partial charge in [-0.05, 0) is 43.8 Å². The van der Waals surface area contributed by atoms with Gasteiger partial charge in [-0.1, -0.05) is 0 Å². The highest BCUT2D eigenvalue weighted by Crippen LogP contribution is 2.19. The minimum atomic E-state index is 0.801. The lowest BCUT2D eigenvalue weighted by atomic mass is 10.3. The lowest BCUT2D eigenvalue weighted by molar-refractivity contribution is 0.858. The number of aromatic nitrogens is 2. The quantitative estimate of drug-likeness (QED) is 0.834. The highest BCUT2D eigenvalue weighted by Gasteiger charge is 2.08. The van der Waals surface area contributed by atoms with Crippen LogP contribution in [-0.2, 0) is 6.54 Å². The number of rotatable bonds is 3. The molecule has 0 radical (unpaired) electrons. The molecule has 0 aliphatic heterocycles. The van der Waals surface area contributed by atoms with Gasteiger partial charge in [0.2, 0.25) is 5.95 Å². The summed E-state index contributed by atoms with van der Waals surface area (Å²) in [5.41, 5.74) is 3.37. The highest BCUT2D eigenvalue weighted by atomic mass is 32.1. The molecule has 0 saturated carbocycles. The fraction of sp³-hybridized carbons (Fsp3) is 0.385. The van der Waals surface area contributed by atoms with Crippen LogP contribution >= 0.6 is 11.3 Å². The molecule has 0 spiro atoms. The predicted molar refractivity (Wildman–Crippen MR) is 72.7 cm³/mol. The number of thiophene rings is 1. The van der Waals surface area contributed by atoms with Gasteiger partial charge in [0, 0.05) is 23.3 Å². The van der Waals surface area contributed by atoms with Crippen molar-refractivity contribution in [2.24, 2.45) is 0 Å². The molecule has 0 bridgehead atoms. The average molecular weight is 247 g/mol. The molecule has 4 heteroatoms. The van der Waals surface area contributed by atoms with Gasteiger partial charge in [-0.2, -0.15) is 0 Å². The van der Waals surface area contributed by atoms with Gasteiger partial charge < -0.3 is 4.90 Å². The molecule has 3 nitrogen and oxygen atoms in total. The zero-order valence-corrected chi connectivity index (χ0v) is 11.5. The molecule has 0 aliphatic rings. The van der Waals surface area contributed by atoms with Crippen LogP contribution in [-0.4, -0.2) is 17.0 Å². The zero-order valence-electron chi connectivity index (χ0n) is 10.7. The first kappa shape index (κ1) is 12.0.